The summed E-state index contributed by atoms with van der Waals surface area (Å²) in [6.45, 7) is 53.0. The molecule has 8 aromatic carbocycles. The summed E-state index contributed by atoms with van der Waals surface area (Å²) in [7, 11) is 0. The molecule has 464 valence electrons. The van der Waals surface area contributed by atoms with Gasteiger partial charge in [-0.25, -0.2) is 0 Å². The maximum absolute atomic E-state index is 7.19. The van der Waals surface area contributed by atoms with Gasteiger partial charge in [0.15, 0.2) is 0 Å². The lowest BCUT2D eigenvalue weighted by Gasteiger charge is -2.48. The molecule has 0 fully saturated rings. The van der Waals surface area contributed by atoms with Gasteiger partial charge < -0.3 is 19.1 Å². The number of furan rings is 1. The quantitative estimate of drug-likeness (QED) is 0.160. The first kappa shape index (κ1) is 60.6. The van der Waals surface area contributed by atoms with E-state index in [4.69, 9.17) is 4.42 Å². The summed E-state index contributed by atoms with van der Waals surface area (Å²) in [5, 5.41) is 2.35. The second kappa shape index (κ2) is 19.5. The largest absolute Gasteiger partial charge is 0.456 e. The number of hydrogen-bond acceptors (Lipinski definition) is 4. The summed E-state index contributed by atoms with van der Waals surface area (Å²) in [5.74, 6) is 0. The first-order valence-electron chi connectivity index (χ1n) is 34.1. The average molecular weight is 1190 g/mol. The van der Waals surface area contributed by atoms with Gasteiger partial charge in [0.2, 0.25) is 0 Å². The Kier molecular flexibility index (Phi) is 13.2. The number of nitrogens with zero attached hydrogens (tertiary/aromatic N) is 3. The third kappa shape index (κ3) is 9.47. The predicted octanol–water partition coefficient (Wildman–Crippen LogP) is 22.4. The lowest BCUT2D eigenvalue weighted by Crippen LogP contribution is -2.62. The lowest BCUT2D eigenvalue weighted by molar-refractivity contribution is 0.332. The van der Waals surface area contributed by atoms with Gasteiger partial charge >= 0.3 is 0 Å². The predicted molar refractivity (Wildman–Crippen MR) is 389 cm³/mol. The normalized spacial score (nSPS) is 19.0. The summed E-state index contributed by atoms with van der Waals surface area (Å²) < 4.78 is 7.19. The standard InChI is InChI=1S/C85H100BN3O/c1-51-41-62-65(84(19,20)39-37-81(62,13)14)48-69(51)89-71-50-75-60(59-42-54(79(8,9)10)27-34-74(59)90-75)46-67(71)86-68-47-64-66(85(21,22)40-38-83(64,17)18)49-70(68)88(57-32-33-61-63(43-57)82(15,16)36-35-80(61,11)12)72-44-58(45-73(89)76(72)86)87(55-28-23-52(24-29-55)77(2,3)4)56-30-25-53(26-31-56)78(5,6)7/h23-34,41-50H,35-40H2,1-22H3. The molecule has 0 atom stereocenters. The smallest absolute Gasteiger partial charge is 0.252 e. The number of benzene rings is 8. The Morgan fingerprint density at radius 1 is 0.356 bits per heavy atom. The third-order valence-corrected chi connectivity index (χ3v) is 23.2. The summed E-state index contributed by atoms with van der Waals surface area (Å²) >= 11 is 0. The van der Waals surface area contributed by atoms with E-state index >= 15 is 0 Å². The fraction of sp³-hybridized carbons (Fsp3) is 0.435. The van der Waals surface area contributed by atoms with Crippen LogP contribution in [0.2, 0.25) is 0 Å². The zero-order valence-electron chi connectivity index (χ0n) is 58.8. The number of hydrogen-bond donors (Lipinski definition) is 0. The zero-order valence-corrected chi connectivity index (χ0v) is 58.8. The molecule has 0 spiro atoms. The molecule has 0 N–H and O–H groups in total. The molecule has 4 nitrogen and oxygen atoms in total. The van der Waals surface area contributed by atoms with Crippen LogP contribution in [0, 0.1) is 6.92 Å². The van der Waals surface area contributed by atoms with E-state index < -0.39 is 0 Å². The molecule has 9 aromatic rings. The first-order valence-corrected chi connectivity index (χ1v) is 34.1. The van der Waals surface area contributed by atoms with Crippen molar-refractivity contribution in [2.24, 2.45) is 0 Å². The van der Waals surface area contributed by atoms with Crippen molar-refractivity contribution in [3.8, 4) is 0 Å². The van der Waals surface area contributed by atoms with Crippen LogP contribution < -0.4 is 31.1 Å². The molecule has 0 unspecified atom stereocenters. The average Bonchev–Trinajstić information content (AvgIpc) is 1.05. The maximum Gasteiger partial charge on any atom is 0.252 e. The molecule has 0 saturated carbocycles. The minimum Gasteiger partial charge on any atom is -0.456 e. The van der Waals surface area contributed by atoms with E-state index in [1.165, 1.54) is 123 Å². The Bertz CT molecular complexity index is 4380. The molecule has 3 aliphatic carbocycles. The monoisotopic (exact) mass is 1190 g/mol. The fourth-order valence-electron chi connectivity index (χ4n) is 16.8. The second-order valence-corrected chi connectivity index (χ2v) is 35.6. The van der Waals surface area contributed by atoms with Crippen LogP contribution in [0.4, 0.5) is 51.2 Å². The molecular weight excluding hydrogens is 1090 g/mol. The van der Waals surface area contributed by atoms with Crippen LogP contribution in [0.5, 0.6) is 0 Å². The SMILES string of the molecule is Cc1cc2c(cc1N1c3cc4oc5ccc(C(C)(C)C)cc5c4cc3B3c4cc5c(cc4N(c4ccc6c(c4)C(C)(C)CCC6(C)C)c4cc(N(c6ccc(C(C)(C)C)cc6)c6ccc(C(C)(C)C)cc6)cc1c43)C(C)(C)CCC5(C)C)C(C)(C)CCC2(C)C. The fourth-order valence-corrected chi connectivity index (χ4v) is 16.8. The third-order valence-electron chi connectivity index (χ3n) is 23.2. The van der Waals surface area contributed by atoms with Gasteiger partial charge in [0.05, 0.1) is 5.69 Å². The Balaban J connectivity index is 1.17. The topological polar surface area (TPSA) is 22.9 Å². The van der Waals surface area contributed by atoms with Crippen molar-refractivity contribution in [2.75, 3.05) is 14.7 Å². The van der Waals surface area contributed by atoms with Crippen LogP contribution in [0.3, 0.4) is 0 Å². The maximum atomic E-state index is 7.19. The van der Waals surface area contributed by atoms with E-state index in [1.807, 2.05) is 0 Å². The highest BCUT2D eigenvalue weighted by molar-refractivity contribution is 7.00. The molecule has 3 heterocycles. The molecular formula is C85H100BN3O. The Labute approximate surface area is 541 Å². The highest BCUT2D eigenvalue weighted by atomic mass is 16.3. The molecule has 5 aliphatic rings. The van der Waals surface area contributed by atoms with Gasteiger partial charge in [-0.2, -0.15) is 0 Å². The zero-order chi connectivity index (χ0) is 64.3. The Morgan fingerprint density at radius 3 is 1.28 bits per heavy atom. The van der Waals surface area contributed by atoms with Crippen molar-refractivity contribution in [1.29, 1.82) is 0 Å². The van der Waals surface area contributed by atoms with Crippen molar-refractivity contribution in [3.05, 3.63) is 189 Å². The number of aryl methyl sites for hydroxylation is 1. The van der Waals surface area contributed by atoms with Crippen molar-refractivity contribution in [1.82, 2.24) is 0 Å². The summed E-state index contributed by atoms with van der Waals surface area (Å²) in [6.07, 6.45) is 6.86. The molecule has 90 heavy (non-hydrogen) atoms. The molecule has 0 amide bonds. The van der Waals surface area contributed by atoms with Gasteiger partial charge in [-0.1, -0.05) is 200 Å². The van der Waals surface area contributed by atoms with Gasteiger partial charge in [-0.3, -0.25) is 0 Å². The number of anilines is 9. The van der Waals surface area contributed by atoms with E-state index in [2.05, 4.69) is 300 Å². The Hall–Kier alpha value is -6.98. The van der Waals surface area contributed by atoms with Crippen molar-refractivity contribution in [3.63, 3.8) is 0 Å². The van der Waals surface area contributed by atoms with Crippen molar-refractivity contribution in [2.45, 2.75) is 240 Å². The van der Waals surface area contributed by atoms with Crippen LogP contribution in [-0.2, 0) is 48.7 Å². The van der Waals surface area contributed by atoms with Crippen molar-refractivity contribution < 1.29 is 4.42 Å². The van der Waals surface area contributed by atoms with E-state index in [0.29, 0.717) is 0 Å². The summed E-state index contributed by atoms with van der Waals surface area (Å²) in [6, 6.07) is 54.3. The van der Waals surface area contributed by atoms with E-state index in [9.17, 15) is 0 Å². The minimum atomic E-state index is -0.125. The minimum absolute atomic E-state index is 0.00591. The van der Waals surface area contributed by atoms with Gasteiger partial charge in [0.25, 0.3) is 6.71 Å². The molecule has 0 bridgehead atoms. The Morgan fingerprint density at radius 2 is 0.767 bits per heavy atom. The summed E-state index contributed by atoms with van der Waals surface area (Å²) in [4.78, 5) is 8.03. The van der Waals surface area contributed by atoms with E-state index in [1.54, 1.807) is 0 Å². The molecule has 0 saturated heterocycles. The van der Waals surface area contributed by atoms with Gasteiger partial charge in [0, 0.05) is 62.3 Å². The molecule has 2 aliphatic heterocycles. The van der Waals surface area contributed by atoms with Crippen LogP contribution in [0.15, 0.2) is 138 Å². The molecule has 0 radical (unpaired) electrons. The van der Waals surface area contributed by atoms with Crippen LogP contribution in [0.1, 0.15) is 240 Å². The molecule has 1 aromatic heterocycles. The van der Waals surface area contributed by atoms with E-state index in [-0.39, 0.29) is 55.4 Å². The van der Waals surface area contributed by atoms with Gasteiger partial charge in [0.1, 0.15) is 11.2 Å². The molecule has 14 rings (SSSR count). The first-order chi connectivity index (χ1) is 41.8. The highest BCUT2D eigenvalue weighted by Crippen LogP contribution is 2.56. The number of fused-ring (bicyclic) bond motifs is 10. The van der Waals surface area contributed by atoms with Crippen molar-refractivity contribution >= 4 is 96.2 Å². The van der Waals surface area contributed by atoms with Crippen LogP contribution >= 0.6 is 0 Å². The van der Waals surface area contributed by atoms with Gasteiger partial charge in [-0.15, -0.1) is 0 Å². The van der Waals surface area contributed by atoms with E-state index in [0.717, 1.165) is 60.3 Å². The number of rotatable bonds is 5. The molecule has 5 heteroatoms. The lowest BCUT2D eigenvalue weighted by atomic mass is 9.33. The summed E-state index contributed by atoms with van der Waals surface area (Å²) in [5.41, 5.74) is 30.6. The second-order valence-electron chi connectivity index (χ2n) is 35.6. The van der Waals surface area contributed by atoms with Crippen LogP contribution in [0.25, 0.3) is 21.9 Å². The van der Waals surface area contributed by atoms with Gasteiger partial charge in [-0.05, 0) is 239 Å². The highest BCUT2D eigenvalue weighted by Gasteiger charge is 2.49. The van der Waals surface area contributed by atoms with Crippen LogP contribution in [-0.4, -0.2) is 6.71 Å².